The minimum Gasteiger partial charge on any atom is -0.507 e. The number of phenolic OH excluding ortho intramolecular Hbond substituents is 1. The number of nitrogens with one attached hydrogen (secondary N) is 1. The smallest absolute Gasteiger partial charge is 0.339 e. The zero-order valence-corrected chi connectivity index (χ0v) is 19.2. The molecular weight excluding hydrogens is 434 g/mol. The number of rotatable bonds is 9. The maximum Gasteiger partial charge on any atom is 0.339 e. The topological polar surface area (TPSA) is 98.0 Å². The van der Waals surface area contributed by atoms with E-state index in [1.807, 2.05) is 31.2 Å². The lowest BCUT2D eigenvalue weighted by molar-refractivity contribution is -0.143. The third-order valence-electron chi connectivity index (χ3n) is 5.21. The van der Waals surface area contributed by atoms with E-state index >= 15 is 0 Å². The number of ether oxygens (including phenoxy) is 2. The maximum absolute atomic E-state index is 12.6. The second-order valence-electron chi connectivity index (χ2n) is 7.19. The van der Waals surface area contributed by atoms with Crippen molar-refractivity contribution in [2.75, 3.05) is 13.7 Å². The maximum atomic E-state index is 12.6. The van der Waals surface area contributed by atoms with Gasteiger partial charge in [-0.05, 0) is 55.7 Å². The molecule has 8 heteroatoms. The fourth-order valence-corrected chi connectivity index (χ4v) is 3.50. The number of aromatic hydroxyl groups is 1. The fourth-order valence-electron chi connectivity index (χ4n) is 3.50. The summed E-state index contributed by atoms with van der Waals surface area (Å²) in [5.74, 6) is 0.485. The Labute approximate surface area is 192 Å². The quantitative estimate of drug-likeness (QED) is 0.366. The summed E-state index contributed by atoms with van der Waals surface area (Å²) in [6.07, 6.45) is 0.355. The molecule has 0 unspecified atom stereocenters. The highest BCUT2D eigenvalue weighted by atomic mass is 35.5. The van der Waals surface area contributed by atoms with Gasteiger partial charge in [0.25, 0.3) is 0 Å². The molecule has 3 aromatic rings. The number of fused-ring (bicyclic) bond motifs is 1. The van der Waals surface area contributed by atoms with Crippen molar-refractivity contribution < 1.29 is 23.8 Å². The van der Waals surface area contributed by atoms with Crippen LogP contribution in [0.5, 0.6) is 11.5 Å². The molecule has 0 aliphatic rings. The number of methoxy groups -OCH3 is 1. The second-order valence-corrected chi connectivity index (χ2v) is 7.19. The van der Waals surface area contributed by atoms with E-state index in [-0.39, 0.29) is 37.0 Å². The molecule has 2 N–H and O–H groups in total. The summed E-state index contributed by atoms with van der Waals surface area (Å²) in [7, 11) is 1.62. The minimum absolute atomic E-state index is 0. The largest absolute Gasteiger partial charge is 0.507 e. The van der Waals surface area contributed by atoms with Gasteiger partial charge < -0.3 is 24.3 Å². The molecule has 0 spiro atoms. The highest BCUT2D eigenvalue weighted by Gasteiger charge is 2.17. The molecule has 0 aliphatic heterocycles. The van der Waals surface area contributed by atoms with Crippen LogP contribution in [0.25, 0.3) is 11.0 Å². The van der Waals surface area contributed by atoms with Crippen molar-refractivity contribution in [1.29, 1.82) is 0 Å². The number of carbonyl (C=O) groups excluding carboxylic acids is 1. The van der Waals surface area contributed by atoms with Crippen LogP contribution in [0.3, 0.4) is 0 Å². The third-order valence-corrected chi connectivity index (χ3v) is 5.21. The number of benzene rings is 2. The van der Waals surface area contributed by atoms with Crippen LogP contribution >= 0.6 is 12.4 Å². The SMILES string of the molecule is CCOC(=O)CCc1c(C)c2ccc(O)c(CNCc3ccc(OC)cc3)c2oc1=O.Cl. The number of carbonyl (C=O) groups is 1. The molecule has 2 aromatic carbocycles. The van der Waals surface area contributed by atoms with Crippen LogP contribution in [-0.2, 0) is 29.0 Å². The highest BCUT2D eigenvalue weighted by molar-refractivity contribution is 5.86. The molecule has 0 radical (unpaired) electrons. The summed E-state index contributed by atoms with van der Waals surface area (Å²) in [6.45, 7) is 4.76. The van der Waals surface area contributed by atoms with Crippen molar-refractivity contribution in [3.05, 3.63) is 69.1 Å². The van der Waals surface area contributed by atoms with E-state index in [1.54, 1.807) is 26.2 Å². The molecule has 3 rings (SSSR count). The van der Waals surface area contributed by atoms with Gasteiger partial charge in [0.05, 0.1) is 19.3 Å². The predicted octanol–water partition coefficient (Wildman–Crippen LogP) is 4.02. The predicted molar refractivity (Wildman–Crippen MR) is 125 cm³/mol. The first-order valence-electron chi connectivity index (χ1n) is 10.2. The summed E-state index contributed by atoms with van der Waals surface area (Å²) >= 11 is 0. The van der Waals surface area contributed by atoms with Crippen LogP contribution in [0.15, 0.2) is 45.6 Å². The molecule has 1 aromatic heterocycles. The molecule has 0 saturated heterocycles. The van der Waals surface area contributed by atoms with Gasteiger partial charge in [-0.3, -0.25) is 4.79 Å². The Morgan fingerprint density at radius 3 is 2.47 bits per heavy atom. The molecule has 0 bridgehead atoms. The first-order valence-corrected chi connectivity index (χ1v) is 10.2. The van der Waals surface area contributed by atoms with Crippen LogP contribution in [0.1, 0.15) is 35.6 Å². The molecule has 172 valence electrons. The highest BCUT2D eigenvalue weighted by Crippen LogP contribution is 2.29. The summed E-state index contributed by atoms with van der Waals surface area (Å²) in [5.41, 5.74) is 2.61. The van der Waals surface area contributed by atoms with E-state index in [2.05, 4.69) is 5.32 Å². The lowest BCUT2D eigenvalue weighted by Crippen LogP contribution is -2.16. The molecule has 32 heavy (non-hydrogen) atoms. The van der Waals surface area contributed by atoms with E-state index in [0.717, 1.165) is 22.3 Å². The number of esters is 1. The minimum atomic E-state index is -0.503. The number of phenols is 1. The molecular formula is C24H28ClNO6. The van der Waals surface area contributed by atoms with Crippen LogP contribution in [0.4, 0.5) is 0 Å². The van der Waals surface area contributed by atoms with Gasteiger partial charge in [0.2, 0.25) is 0 Å². The molecule has 7 nitrogen and oxygen atoms in total. The first-order chi connectivity index (χ1) is 14.9. The molecule has 1 heterocycles. The van der Waals surface area contributed by atoms with Crippen molar-refractivity contribution in [1.82, 2.24) is 5.32 Å². The zero-order valence-electron chi connectivity index (χ0n) is 18.4. The average molecular weight is 462 g/mol. The summed E-state index contributed by atoms with van der Waals surface area (Å²) < 4.78 is 15.7. The van der Waals surface area contributed by atoms with E-state index in [9.17, 15) is 14.7 Å². The number of hydrogen-bond acceptors (Lipinski definition) is 7. The molecule has 0 saturated carbocycles. The van der Waals surface area contributed by atoms with Gasteiger partial charge in [0.15, 0.2) is 0 Å². The van der Waals surface area contributed by atoms with Crippen molar-refractivity contribution in [3.63, 3.8) is 0 Å². The summed E-state index contributed by atoms with van der Waals surface area (Å²) in [5, 5.41) is 14.4. The van der Waals surface area contributed by atoms with Crippen LogP contribution in [-0.4, -0.2) is 24.8 Å². The lowest BCUT2D eigenvalue weighted by Gasteiger charge is -2.13. The Hall–Kier alpha value is -3.03. The molecule has 0 aliphatic carbocycles. The Bertz CT molecular complexity index is 1120. The van der Waals surface area contributed by atoms with Crippen molar-refractivity contribution in [2.45, 2.75) is 39.8 Å². The van der Waals surface area contributed by atoms with Gasteiger partial charge in [-0.25, -0.2) is 4.79 Å². The fraction of sp³-hybridized carbons (Fsp3) is 0.333. The van der Waals surface area contributed by atoms with Crippen molar-refractivity contribution >= 4 is 29.3 Å². The van der Waals surface area contributed by atoms with E-state index < -0.39 is 5.63 Å². The normalized spacial score (nSPS) is 10.6. The molecule has 0 amide bonds. The number of halogens is 1. The van der Waals surface area contributed by atoms with E-state index in [4.69, 9.17) is 13.9 Å². The van der Waals surface area contributed by atoms with E-state index in [0.29, 0.717) is 36.4 Å². The number of hydrogen-bond donors (Lipinski definition) is 2. The zero-order chi connectivity index (χ0) is 22.4. The average Bonchev–Trinajstić information content (AvgIpc) is 2.76. The Morgan fingerprint density at radius 2 is 1.81 bits per heavy atom. The van der Waals surface area contributed by atoms with Crippen LogP contribution in [0, 0.1) is 6.92 Å². The standard InChI is InChI=1S/C24H27NO6.ClH/c1-4-30-22(27)12-10-19-15(2)18-9-11-21(26)20(23(18)31-24(19)28)14-25-13-16-5-7-17(29-3)8-6-16;/h5-9,11,25-26H,4,10,12-14H2,1-3H3;1H. The third kappa shape index (κ3) is 5.81. The molecule has 0 fully saturated rings. The second kappa shape index (κ2) is 11.5. The van der Waals surface area contributed by atoms with E-state index in [1.165, 1.54) is 0 Å². The van der Waals surface area contributed by atoms with Gasteiger partial charge in [0.1, 0.15) is 17.1 Å². The lowest BCUT2D eigenvalue weighted by atomic mass is 10.00. The van der Waals surface area contributed by atoms with Gasteiger partial charge in [-0.2, -0.15) is 0 Å². The Kier molecular flexibility index (Phi) is 9.11. The summed E-state index contributed by atoms with van der Waals surface area (Å²) in [6, 6.07) is 11.0. The van der Waals surface area contributed by atoms with Crippen molar-refractivity contribution in [2.24, 2.45) is 0 Å². The monoisotopic (exact) mass is 461 g/mol. The molecule has 0 atom stereocenters. The van der Waals surface area contributed by atoms with Gasteiger partial charge in [-0.15, -0.1) is 12.4 Å². The summed E-state index contributed by atoms with van der Waals surface area (Å²) in [4.78, 5) is 24.3. The number of aryl methyl sites for hydroxylation is 1. The van der Waals surface area contributed by atoms with Gasteiger partial charge >= 0.3 is 11.6 Å². The van der Waals surface area contributed by atoms with Gasteiger partial charge in [-0.1, -0.05) is 12.1 Å². The van der Waals surface area contributed by atoms with Crippen LogP contribution < -0.4 is 15.7 Å². The van der Waals surface area contributed by atoms with Crippen molar-refractivity contribution in [3.8, 4) is 11.5 Å². The van der Waals surface area contributed by atoms with Gasteiger partial charge in [0, 0.05) is 30.5 Å². The Morgan fingerprint density at radius 1 is 1.09 bits per heavy atom. The Balaban J connectivity index is 0.00000363. The first kappa shape index (κ1) is 25.2. The van der Waals surface area contributed by atoms with Crippen LogP contribution in [0.2, 0.25) is 0 Å².